The number of nitrogens with one attached hydrogen (secondary N) is 3. The number of hydrogen-bond acceptors (Lipinski definition) is 3. The van der Waals surface area contributed by atoms with Gasteiger partial charge in [-0.3, -0.25) is 9.89 Å². The van der Waals surface area contributed by atoms with Crippen LogP contribution in [0.25, 0.3) is 0 Å². The van der Waals surface area contributed by atoms with E-state index >= 15 is 0 Å². The van der Waals surface area contributed by atoms with Gasteiger partial charge >= 0.3 is 0 Å². The number of carbonyl (C=O) groups excluding carboxylic acids is 1. The molecule has 0 atom stereocenters. The van der Waals surface area contributed by atoms with Gasteiger partial charge in [0.05, 0.1) is 6.20 Å². The summed E-state index contributed by atoms with van der Waals surface area (Å²) in [5.74, 6) is 0.662. The number of amides is 1. The minimum absolute atomic E-state index is 0.0459. The topological polar surface area (TPSA) is 69.8 Å². The van der Waals surface area contributed by atoms with E-state index in [1.54, 1.807) is 6.20 Å². The van der Waals surface area contributed by atoms with Crippen LogP contribution in [0.2, 0.25) is 0 Å². The van der Waals surface area contributed by atoms with Gasteiger partial charge in [0.2, 0.25) is 0 Å². The number of carbonyl (C=O) groups is 1. The molecular weight excluding hydrogens is 204 g/mol. The fraction of sp³-hybridized carbons (Fsp3) is 0.455. The van der Waals surface area contributed by atoms with Gasteiger partial charge in [0.1, 0.15) is 5.82 Å². The molecule has 1 aromatic rings. The van der Waals surface area contributed by atoms with Crippen LogP contribution in [0.5, 0.6) is 0 Å². The standard InChI is InChI=1S/C11H16N4O/c1-3-8-6-13-15-10(8)14-11(16)7(2)9-4-12-5-9/h6,12H,3-5H2,1-2H3,(H2,13,14,15,16). The van der Waals surface area contributed by atoms with Gasteiger partial charge in [-0.1, -0.05) is 6.92 Å². The highest BCUT2D eigenvalue weighted by molar-refractivity contribution is 6.03. The Balaban J connectivity index is 2.07. The zero-order valence-corrected chi connectivity index (χ0v) is 9.55. The molecule has 0 saturated carbocycles. The SMILES string of the molecule is CCc1cn[nH]c1NC(=O)C(C)=C1CNC1. The van der Waals surface area contributed by atoms with Crippen LogP contribution in [0, 0.1) is 0 Å². The Morgan fingerprint density at radius 3 is 2.88 bits per heavy atom. The maximum Gasteiger partial charge on any atom is 0.252 e. The van der Waals surface area contributed by atoms with Crippen LogP contribution in [-0.4, -0.2) is 29.2 Å². The molecule has 1 saturated heterocycles. The molecule has 86 valence electrons. The summed E-state index contributed by atoms with van der Waals surface area (Å²) in [4.78, 5) is 11.9. The maximum absolute atomic E-state index is 11.9. The monoisotopic (exact) mass is 220 g/mol. The van der Waals surface area contributed by atoms with E-state index in [0.29, 0.717) is 5.82 Å². The lowest BCUT2D eigenvalue weighted by atomic mass is 10.0. The van der Waals surface area contributed by atoms with Gasteiger partial charge in [0, 0.05) is 24.2 Å². The van der Waals surface area contributed by atoms with Crippen LogP contribution in [0.15, 0.2) is 17.3 Å². The Bertz CT molecular complexity index is 427. The minimum atomic E-state index is -0.0459. The second kappa shape index (κ2) is 4.49. The van der Waals surface area contributed by atoms with Crippen LogP contribution in [0.1, 0.15) is 19.4 Å². The van der Waals surface area contributed by atoms with E-state index in [2.05, 4.69) is 20.8 Å². The quantitative estimate of drug-likeness (QED) is 0.661. The number of nitrogens with zero attached hydrogens (tertiary/aromatic N) is 1. The second-order valence-electron chi connectivity index (χ2n) is 3.91. The molecule has 3 N–H and O–H groups in total. The third-order valence-electron chi connectivity index (χ3n) is 2.88. The van der Waals surface area contributed by atoms with Gasteiger partial charge in [0.25, 0.3) is 5.91 Å². The molecule has 1 amide bonds. The van der Waals surface area contributed by atoms with Crippen molar-refractivity contribution in [3.63, 3.8) is 0 Å². The summed E-state index contributed by atoms with van der Waals surface area (Å²) < 4.78 is 0. The Hall–Kier alpha value is -1.62. The molecule has 2 rings (SSSR count). The van der Waals surface area contributed by atoms with E-state index in [0.717, 1.165) is 30.6 Å². The van der Waals surface area contributed by atoms with Crippen molar-refractivity contribution in [3.8, 4) is 0 Å². The number of aryl methyl sites for hydroxylation is 1. The summed E-state index contributed by atoms with van der Waals surface area (Å²) in [6, 6.07) is 0. The molecule has 0 bridgehead atoms. The highest BCUT2D eigenvalue weighted by atomic mass is 16.1. The van der Waals surface area contributed by atoms with Gasteiger partial charge in [-0.05, 0) is 18.9 Å². The predicted molar refractivity (Wildman–Crippen MR) is 62.2 cm³/mol. The summed E-state index contributed by atoms with van der Waals surface area (Å²) in [7, 11) is 0. The molecule has 1 aliphatic heterocycles. The van der Waals surface area contributed by atoms with Gasteiger partial charge in [0.15, 0.2) is 0 Å². The first-order valence-corrected chi connectivity index (χ1v) is 5.45. The molecule has 2 heterocycles. The number of H-pyrrole nitrogens is 1. The number of aromatic nitrogens is 2. The van der Waals surface area contributed by atoms with E-state index in [1.165, 1.54) is 5.57 Å². The first-order valence-electron chi connectivity index (χ1n) is 5.45. The van der Waals surface area contributed by atoms with Crippen molar-refractivity contribution < 1.29 is 4.79 Å². The molecule has 0 spiro atoms. The molecule has 5 nitrogen and oxygen atoms in total. The van der Waals surface area contributed by atoms with Crippen molar-refractivity contribution in [2.45, 2.75) is 20.3 Å². The molecule has 0 aromatic carbocycles. The highest BCUT2D eigenvalue weighted by Crippen LogP contribution is 2.15. The number of rotatable bonds is 3. The maximum atomic E-state index is 11.9. The average Bonchev–Trinajstić information content (AvgIpc) is 2.62. The van der Waals surface area contributed by atoms with Gasteiger partial charge in [-0.15, -0.1) is 0 Å². The molecule has 1 aromatic heterocycles. The van der Waals surface area contributed by atoms with Crippen molar-refractivity contribution in [3.05, 3.63) is 22.9 Å². The van der Waals surface area contributed by atoms with Gasteiger partial charge in [-0.25, -0.2) is 0 Å². The summed E-state index contributed by atoms with van der Waals surface area (Å²) in [6.07, 6.45) is 2.59. The minimum Gasteiger partial charge on any atom is -0.309 e. The fourth-order valence-corrected chi connectivity index (χ4v) is 1.57. The largest absolute Gasteiger partial charge is 0.309 e. The zero-order valence-electron chi connectivity index (χ0n) is 9.55. The molecule has 16 heavy (non-hydrogen) atoms. The van der Waals surface area contributed by atoms with Crippen molar-refractivity contribution in [1.29, 1.82) is 0 Å². The first-order chi connectivity index (χ1) is 7.72. The molecular formula is C11H16N4O. The van der Waals surface area contributed by atoms with Crippen LogP contribution in [0.4, 0.5) is 5.82 Å². The molecule has 0 radical (unpaired) electrons. The van der Waals surface area contributed by atoms with E-state index in [9.17, 15) is 4.79 Å². The van der Waals surface area contributed by atoms with Crippen molar-refractivity contribution in [2.24, 2.45) is 0 Å². The summed E-state index contributed by atoms with van der Waals surface area (Å²) in [5.41, 5.74) is 3.00. The molecule has 1 fully saturated rings. The van der Waals surface area contributed by atoms with Gasteiger partial charge < -0.3 is 10.6 Å². The molecule has 0 unspecified atom stereocenters. The van der Waals surface area contributed by atoms with E-state index in [1.807, 2.05) is 13.8 Å². The molecule has 5 heteroatoms. The number of hydrogen-bond donors (Lipinski definition) is 3. The lowest BCUT2D eigenvalue weighted by Crippen LogP contribution is -2.36. The van der Waals surface area contributed by atoms with Crippen molar-refractivity contribution in [2.75, 3.05) is 18.4 Å². The molecule has 0 aliphatic carbocycles. The number of aromatic amines is 1. The van der Waals surface area contributed by atoms with Crippen LogP contribution in [-0.2, 0) is 11.2 Å². The summed E-state index contributed by atoms with van der Waals surface area (Å²) in [6.45, 7) is 5.53. The number of anilines is 1. The van der Waals surface area contributed by atoms with Crippen LogP contribution >= 0.6 is 0 Å². The molecule has 1 aliphatic rings. The Morgan fingerprint density at radius 1 is 1.56 bits per heavy atom. The van der Waals surface area contributed by atoms with E-state index in [4.69, 9.17) is 0 Å². The normalized spacial score (nSPS) is 14.5. The summed E-state index contributed by atoms with van der Waals surface area (Å²) in [5, 5.41) is 12.7. The Morgan fingerprint density at radius 2 is 2.31 bits per heavy atom. The van der Waals surface area contributed by atoms with Crippen molar-refractivity contribution in [1.82, 2.24) is 15.5 Å². The zero-order chi connectivity index (χ0) is 11.5. The average molecular weight is 220 g/mol. The Labute approximate surface area is 94.3 Å². The van der Waals surface area contributed by atoms with E-state index < -0.39 is 0 Å². The fourth-order valence-electron chi connectivity index (χ4n) is 1.57. The smallest absolute Gasteiger partial charge is 0.252 e. The van der Waals surface area contributed by atoms with Crippen LogP contribution < -0.4 is 10.6 Å². The van der Waals surface area contributed by atoms with E-state index in [-0.39, 0.29) is 5.91 Å². The third kappa shape index (κ3) is 1.99. The van der Waals surface area contributed by atoms with Gasteiger partial charge in [-0.2, -0.15) is 5.10 Å². The predicted octanol–water partition coefficient (Wildman–Crippen LogP) is 0.830. The van der Waals surface area contributed by atoms with Crippen LogP contribution in [0.3, 0.4) is 0 Å². The van der Waals surface area contributed by atoms with Crippen molar-refractivity contribution >= 4 is 11.7 Å². The lowest BCUT2D eigenvalue weighted by Gasteiger charge is -2.21. The summed E-state index contributed by atoms with van der Waals surface area (Å²) >= 11 is 0. The Kier molecular flexibility index (Phi) is 3.05. The third-order valence-corrected chi connectivity index (χ3v) is 2.88. The second-order valence-corrected chi connectivity index (χ2v) is 3.91. The highest BCUT2D eigenvalue weighted by Gasteiger charge is 2.17. The first kappa shape index (κ1) is 10.9. The lowest BCUT2D eigenvalue weighted by molar-refractivity contribution is -0.112.